The van der Waals surface area contributed by atoms with Crippen molar-refractivity contribution < 1.29 is 8.78 Å². The van der Waals surface area contributed by atoms with Crippen LogP contribution < -0.4 is 5.32 Å². The molecule has 0 atom stereocenters. The highest BCUT2D eigenvalue weighted by Gasteiger charge is 2.02. The number of rotatable bonds is 4. The van der Waals surface area contributed by atoms with Gasteiger partial charge in [0.15, 0.2) is 0 Å². The van der Waals surface area contributed by atoms with Crippen LogP contribution in [-0.4, -0.2) is 6.54 Å². The molecular formula is C11H13F2N. The van der Waals surface area contributed by atoms with Gasteiger partial charge in [-0.15, -0.1) is 0 Å². The molecule has 0 fully saturated rings. The summed E-state index contributed by atoms with van der Waals surface area (Å²) in [5.74, 6) is -0.806. The number of hydrogen-bond donors (Lipinski definition) is 1. The maximum Gasteiger partial charge on any atom is 0.127 e. The maximum atomic E-state index is 13.1. The van der Waals surface area contributed by atoms with Crippen LogP contribution in [0.3, 0.4) is 0 Å². The third kappa shape index (κ3) is 3.26. The Morgan fingerprint density at radius 2 is 2.14 bits per heavy atom. The Morgan fingerprint density at radius 1 is 1.43 bits per heavy atom. The Kier molecular flexibility index (Phi) is 3.77. The number of nitrogens with one attached hydrogen (secondary N) is 1. The molecule has 1 aromatic rings. The lowest BCUT2D eigenvalue weighted by Crippen LogP contribution is -2.16. The molecule has 0 spiro atoms. The fraction of sp³-hybridized carbons (Fsp3) is 0.273. The van der Waals surface area contributed by atoms with Crippen molar-refractivity contribution in [1.82, 2.24) is 5.32 Å². The molecule has 0 aromatic heterocycles. The molecule has 3 heteroatoms. The molecular weight excluding hydrogens is 184 g/mol. The van der Waals surface area contributed by atoms with E-state index in [9.17, 15) is 8.78 Å². The molecule has 1 nitrogen and oxygen atoms in total. The van der Waals surface area contributed by atoms with Crippen LogP contribution in [0.25, 0.3) is 0 Å². The molecule has 0 bridgehead atoms. The summed E-state index contributed by atoms with van der Waals surface area (Å²) in [6.45, 7) is 6.49. The summed E-state index contributed by atoms with van der Waals surface area (Å²) in [6.07, 6.45) is 0. The molecule has 1 aromatic carbocycles. The van der Waals surface area contributed by atoms with Gasteiger partial charge in [-0.25, -0.2) is 8.78 Å². The van der Waals surface area contributed by atoms with Gasteiger partial charge < -0.3 is 5.32 Å². The third-order valence-corrected chi connectivity index (χ3v) is 1.75. The third-order valence-electron chi connectivity index (χ3n) is 1.75. The highest BCUT2D eigenvalue weighted by molar-refractivity contribution is 5.18. The van der Waals surface area contributed by atoms with Gasteiger partial charge in [0.2, 0.25) is 0 Å². The normalized spacial score (nSPS) is 10.2. The average molecular weight is 197 g/mol. The van der Waals surface area contributed by atoms with Gasteiger partial charge in [0.05, 0.1) is 0 Å². The van der Waals surface area contributed by atoms with Crippen LogP contribution >= 0.6 is 0 Å². The molecule has 0 radical (unpaired) electrons. The molecule has 0 aliphatic heterocycles. The summed E-state index contributed by atoms with van der Waals surface area (Å²) in [7, 11) is 0. The van der Waals surface area contributed by atoms with Gasteiger partial charge >= 0.3 is 0 Å². The van der Waals surface area contributed by atoms with Crippen LogP contribution in [0.15, 0.2) is 30.4 Å². The second-order valence-electron chi connectivity index (χ2n) is 3.30. The Balaban J connectivity index is 2.57. The topological polar surface area (TPSA) is 12.0 Å². The van der Waals surface area contributed by atoms with Crippen molar-refractivity contribution in [3.63, 3.8) is 0 Å². The lowest BCUT2D eigenvalue weighted by molar-refractivity contribution is 0.574. The van der Waals surface area contributed by atoms with Crippen molar-refractivity contribution in [3.8, 4) is 0 Å². The van der Waals surface area contributed by atoms with E-state index < -0.39 is 5.82 Å². The molecule has 0 saturated carbocycles. The molecule has 0 amide bonds. The van der Waals surface area contributed by atoms with E-state index in [1.807, 2.05) is 6.92 Å². The van der Waals surface area contributed by atoms with Crippen LogP contribution in [-0.2, 0) is 6.54 Å². The first-order valence-corrected chi connectivity index (χ1v) is 4.38. The largest absolute Gasteiger partial charge is 0.309 e. The second kappa shape index (κ2) is 4.86. The smallest absolute Gasteiger partial charge is 0.127 e. The van der Waals surface area contributed by atoms with E-state index >= 15 is 0 Å². The van der Waals surface area contributed by atoms with Gasteiger partial charge in [-0.3, -0.25) is 0 Å². The van der Waals surface area contributed by atoms with Crippen LogP contribution in [0.4, 0.5) is 8.78 Å². The first kappa shape index (κ1) is 10.9. The minimum absolute atomic E-state index is 0.316. The quantitative estimate of drug-likeness (QED) is 0.732. The van der Waals surface area contributed by atoms with Crippen molar-refractivity contribution in [2.24, 2.45) is 0 Å². The SMILES string of the molecule is C=C(C)CNCc1cc(F)ccc1F. The minimum atomic E-state index is -0.418. The lowest BCUT2D eigenvalue weighted by Gasteiger charge is -2.05. The second-order valence-corrected chi connectivity index (χ2v) is 3.30. The molecule has 0 heterocycles. The Labute approximate surface area is 82.4 Å². The lowest BCUT2D eigenvalue weighted by atomic mass is 10.2. The zero-order chi connectivity index (χ0) is 10.6. The molecule has 14 heavy (non-hydrogen) atoms. The Hall–Kier alpha value is -1.22. The van der Waals surface area contributed by atoms with Crippen molar-refractivity contribution in [1.29, 1.82) is 0 Å². The van der Waals surface area contributed by atoms with Gasteiger partial charge in [-0.2, -0.15) is 0 Å². The highest BCUT2D eigenvalue weighted by atomic mass is 19.1. The molecule has 0 saturated heterocycles. The van der Waals surface area contributed by atoms with Crippen LogP contribution in [0, 0.1) is 11.6 Å². The summed E-state index contributed by atoms with van der Waals surface area (Å²) in [6, 6.07) is 3.44. The summed E-state index contributed by atoms with van der Waals surface area (Å²) in [4.78, 5) is 0. The standard InChI is InChI=1S/C11H13F2N/c1-8(2)6-14-7-9-5-10(12)3-4-11(9)13/h3-5,14H,1,6-7H2,2H3. The van der Waals surface area contributed by atoms with E-state index in [2.05, 4.69) is 11.9 Å². The number of halogens is 2. The van der Waals surface area contributed by atoms with Crippen molar-refractivity contribution in [2.45, 2.75) is 13.5 Å². The zero-order valence-electron chi connectivity index (χ0n) is 8.11. The molecule has 1 N–H and O–H groups in total. The maximum absolute atomic E-state index is 13.1. The van der Waals surface area contributed by atoms with E-state index in [-0.39, 0.29) is 5.82 Å². The summed E-state index contributed by atoms with van der Waals surface area (Å²) in [5, 5.41) is 2.96. The van der Waals surface area contributed by atoms with E-state index in [1.54, 1.807) is 0 Å². The van der Waals surface area contributed by atoms with Crippen LogP contribution in [0.2, 0.25) is 0 Å². The summed E-state index contributed by atoms with van der Waals surface area (Å²) < 4.78 is 25.8. The van der Waals surface area contributed by atoms with Crippen molar-refractivity contribution in [3.05, 3.63) is 47.5 Å². The monoisotopic (exact) mass is 197 g/mol. The van der Waals surface area contributed by atoms with Gasteiger partial charge in [0.1, 0.15) is 11.6 Å². The van der Waals surface area contributed by atoms with Gasteiger partial charge in [-0.05, 0) is 25.1 Å². The van der Waals surface area contributed by atoms with Crippen molar-refractivity contribution >= 4 is 0 Å². The van der Waals surface area contributed by atoms with E-state index in [1.165, 1.54) is 6.07 Å². The zero-order valence-corrected chi connectivity index (χ0v) is 8.11. The number of benzene rings is 1. The van der Waals surface area contributed by atoms with E-state index in [4.69, 9.17) is 0 Å². The van der Waals surface area contributed by atoms with E-state index in [0.717, 1.165) is 17.7 Å². The molecule has 0 aliphatic rings. The summed E-state index contributed by atoms with van der Waals surface area (Å²) >= 11 is 0. The van der Waals surface area contributed by atoms with Crippen LogP contribution in [0.5, 0.6) is 0 Å². The molecule has 0 unspecified atom stereocenters. The van der Waals surface area contributed by atoms with E-state index in [0.29, 0.717) is 18.7 Å². The summed E-state index contributed by atoms with van der Waals surface area (Å²) in [5.41, 5.74) is 1.30. The highest BCUT2D eigenvalue weighted by Crippen LogP contribution is 2.09. The predicted octanol–water partition coefficient (Wildman–Crippen LogP) is 2.63. The first-order valence-electron chi connectivity index (χ1n) is 4.38. The molecule has 0 aliphatic carbocycles. The Morgan fingerprint density at radius 3 is 2.79 bits per heavy atom. The first-order chi connectivity index (χ1) is 6.59. The fourth-order valence-electron chi connectivity index (χ4n) is 1.09. The van der Waals surface area contributed by atoms with Gasteiger partial charge in [-0.1, -0.05) is 12.2 Å². The van der Waals surface area contributed by atoms with Crippen molar-refractivity contribution in [2.75, 3.05) is 6.54 Å². The molecule has 76 valence electrons. The minimum Gasteiger partial charge on any atom is -0.309 e. The fourth-order valence-corrected chi connectivity index (χ4v) is 1.09. The van der Waals surface area contributed by atoms with Gasteiger partial charge in [0.25, 0.3) is 0 Å². The Bertz CT molecular complexity index is 334. The van der Waals surface area contributed by atoms with Gasteiger partial charge in [0, 0.05) is 18.7 Å². The predicted molar refractivity (Wildman–Crippen MR) is 52.9 cm³/mol. The number of hydrogen-bond acceptors (Lipinski definition) is 1. The molecule has 1 rings (SSSR count). The van der Waals surface area contributed by atoms with Crippen LogP contribution in [0.1, 0.15) is 12.5 Å². The average Bonchev–Trinajstić information content (AvgIpc) is 2.10.